The topological polar surface area (TPSA) is 56.7 Å². The summed E-state index contributed by atoms with van der Waals surface area (Å²) < 4.78 is 0. The molecule has 1 amide bonds. The Hall–Kier alpha value is -2.40. The molecule has 1 aromatic carbocycles. The van der Waals surface area contributed by atoms with Crippen LogP contribution in [0.15, 0.2) is 48.8 Å². The van der Waals surface area contributed by atoms with Crippen LogP contribution in [0.5, 0.6) is 5.75 Å². The Morgan fingerprint density at radius 2 is 2.00 bits per heavy atom. The van der Waals surface area contributed by atoms with E-state index in [0.29, 0.717) is 30.2 Å². The summed E-state index contributed by atoms with van der Waals surface area (Å²) in [6.07, 6.45) is 7.29. The van der Waals surface area contributed by atoms with Crippen molar-refractivity contribution in [2.45, 2.75) is 43.7 Å². The van der Waals surface area contributed by atoms with Crippen molar-refractivity contribution in [1.29, 1.82) is 0 Å². The van der Waals surface area contributed by atoms with Gasteiger partial charge in [-0.25, -0.2) is 0 Å². The average Bonchev–Trinajstić information content (AvgIpc) is 3.17. The summed E-state index contributed by atoms with van der Waals surface area (Å²) in [6, 6.07) is 12.3. The number of aryl methyl sites for hydroxylation is 1. The van der Waals surface area contributed by atoms with Crippen molar-refractivity contribution >= 4 is 5.91 Å². The number of piperidine rings is 3. The molecule has 2 bridgehead atoms. The SMILES string of the molecule is O=C(CCc1cccnc1)N1C[C@@H](c2cccc(O)c2)[C@@H]2[C@H]1C1CCN2CC1. The number of carbonyl (C=O) groups is 1. The van der Waals surface area contributed by atoms with Gasteiger partial charge in [0.15, 0.2) is 0 Å². The molecule has 4 saturated heterocycles. The van der Waals surface area contributed by atoms with Crippen LogP contribution in [-0.4, -0.2) is 57.5 Å². The molecule has 2 aromatic rings. The third-order valence-electron chi connectivity index (χ3n) is 6.96. The number of amides is 1. The molecule has 1 aromatic heterocycles. The predicted molar refractivity (Wildman–Crippen MR) is 107 cm³/mol. The van der Waals surface area contributed by atoms with Gasteiger partial charge in [0.2, 0.25) is 5.91 Å². The third kappa shape index (κ3) is 3.08. The minimum atomic E-state index is 0.259. The van der Waals surface area contributed by atoms with Crippen molar-refractivity contribution in [3.05, 3.63) is 59.9 Å². The van der Waals surface area contributed by atoms with Gasteiger partial charge < -0.3 is 10.0 Å². The number of aromatic nitrogens is 1. The van der Waals surface area contributed by atoms with Gasteiger partial charge in [-0.3, -0.25) is 14.7 Å². The van der Waals surface area contributed by atoms with Gasteiger partial charge in [-0.05, 0) is 67.6 Å². The number of likely N-dealkylation sites (tertiary alicyclic amines) is 1. The molecule has 0 saturated carbocycles. The molecule has 0 aliphatic carbocycles. The van der Waals surface area contributed by atoms with E-state index in [4.69, 9.17) is 0 Å². The van der Waals surface area contributed by atoms with Crippen LogP contribution in [0, 0.1) is 5.92 Å². The van der Waals surface area contributed by atoms with Crippen LogP contribution in [0.2, 0.25) is 0 Å². The van der Waals surface area contributed by atoms with Gasteiger partial charge >= 0.3 is 0 Å². The molecule has 0 spiro atoms. The molecule has 28 heavy (non-hydrogen) atoms. The zero-order chi connectivity index (χ0) is 19.1. The molecule has 0 radical (unpaired) electrons. The Bertz CT molecular complexity index is 848. The molecular formula is C23H27N3O2. The lowest BCUT2D eigenvalue weighted by atomic mass is 9.75. The maximum absolute atomic E-state index is 13.2. The highest BCUT2D eigenvalue weighted by Gasteiger charge is 2.54. The van der Waals surface area contributed by atoms with Gasteiger partial charge in [0.05, 0.1) is 6.04 Å². The highest BCUT2D eigenvalue weighted by Crippen LogP contribution is 2.47. The van der Waals surface area contributed by atoms with Gasteiger partial charge in [-0.15, -0.1) is 0 Å². The van der Waals surface area contributed by atoms with E-state index in [-0.39, 0.29) is 11.8 Å². The quantitative estimate of drug-likeness (QED) is 0.890. The molecule has 5 heterocycles. The second kappa shape index (κ2) is 7.21. The predicted octanol–water partition coefficient (Wildman–Crippen LogP) is 2.81. The number of phenolic OH excluding ortho intramolecular Hbond substituents is 1. The van der Waals surface area contributed by atoms with Crippen molar-refractivity contribution in [1.82, 2.24) is 14.8 Å². The Kier molecular flexibility index (Phi) is 4.55. The minimum absolute atomic E-state index is 0.259. The smallest absolute Gasteiger partial charge is 0.223 e. The lowest BCUT2D eigenvalue weighted by Crippen LogP contribution is -2.60. The number of fused-ring (bicyclic) bond motifs is 2. The monoisotopic (exact) mass is 377 g/mol. The molecule has 0 unspecified atom stereocenters. The first kappa shape index (κ1) is 17.7. The molecule has 4 aliphatic heterocycles. The van der Waals surface area contributed by atoms with Crippen molar-refractivity contribution in [2.75, 3.05) is 19.6 Å². The summed E-state index contributed by atoms with van der Waals surface area (Å²) in [4.78, 5) is 22.2. The first-order valence-electron chi connectivity index (χ1n) is 10.4. The van der Waals surface area contributed by atoms with Crippen LogP contribution in [-0.2, 0) is 11.2 Å². The van der Waals surface area contributed by atoms with Crippen molar-refractivity contribution < 1.29 is 9.90 Å². The van der Waals surface area contributed by atoms with E-state index in [1.165, 1.54) is 12.8 Å². The number of aromatic hydroxyl groups is 1. The molecule has 4 fully saturated rings. The van der Waals surface area contributed by atoms with Gasteiger partial charge in [-0.1, -0.05) is 18.2 Å². The molecule has 146 valence electrons. The van der Waals surface area contributed by atoms with Gasteiger partial charge in [0, 0.05) is 37.3 Å². The van der Waals surface area contributed by atoms with E-state index in [1.54, 1.807) is 12.3 Å². The van der Waals surface area contributed by atoms with E-state index in [2.05, 4.69) is 20.9 Å². The van der Waals surface area contributed by atoms with Crippen LogP contribution < -0.4 is 0 Å². The van der Waals surface area contributed by atoms with Crippen molar-refractivity contribution in [3.63, 3.8) is 0 Å². The van der Waals surface area contributed by atoms with E-state index < -0.39 is 0 Å². The Morgan fingerprint density at radius 3 is 2.75 bits per heavy atom. The Morgan fingerprint density at radius 1 is 1.14 bits per heavy atom. The van der Waals surface area contributed by atoms with Crippen LogP contribution in [0.3, 0.4) is 0 Å². The van der Waals surface area contributed by atoms with E-state index in [9.17, 15) is 9.90 Å². The second-order valence-electron chi connectivity index (χ2n) is 8.46. The van der Waals surface area contributed by atoms with Gasteiger partial charge in [0.1, 0.15) is 5.75 Å². The summed E-state index contributed by atoms with van der Waals surface area (Å²) in [6.45, 7) is 3.04. The lowest BCUT2D eigenvalue weighted by Gasteiger charge is -2.51. The van der Waals surface area contributed by atoms with Gasteiger partial charge in [0.25, 0.3) is 0 Å². The largest absolute Gasteiger partial charge is 0.508 e. The summed E-state index contributed by atoms with van der Waals surface area (Å²) in [5.41, 5.74) is 2.27. The van der Waals surface area contributed by atoms with Crippen LogP contribution in [0.1, 0.15) is 36.3 Å². The maximum Gasteiger partial charge on any atom is 0.223 e. The zero-order valence-corrected chi connectivity index (χ0v) is 16.1. The molecular weight excluding hydrogens is 350 g/mol. The van der Waals surface area contributed by atoms with Crippen LogP contribution >= 0.6 is 0 Å². The third-order valence-corrected chi connectivity index (χ3v) is 6.96. The summed E-state index contributed by atoms with van der Waals surface area (Å²) >= 11 is 0. The second-order valence-corrected chi connectivity index (χ2v) is 8.46. The van der Waals surface area contributed by atoms with Crippen LogP contribution in [0.25, 0.3) is 0 Å². The molecule has 1 N–H and O–H groups in total. The fourth-order valence-corrected chi connectivity index (χ4v) is 5.69. The number of hydrogen-bond acceptors (Lipinski definition) is 4. The first-order valence-corrected chi connectivity index (χ1v) is 10.4. The van der Waals surface area contributed by atoms with Gasteiger partial charge in [-0.2, -0.15) is 0 Å². The Labute approximate surface area is 166 Å². The zero-order valence-electron chi connectivity index (χ0n) is 16.1. The Balaban J connectivity index is 1.39. The summed E-state index contributed by atoms with van der Waals surface area (Å²) in [5, 5.41) is 9.99. The minimum Gasteiger partial charge on any atom is -0.508 e. The molecule has 5 heteroatoms. The maximum atomic E-state index is 13.2. The number of carbonyl (C=O) groups excluding carboxylic acids is 1. The fourth-order valence-electron chi connectivity index (χ4n) is 5.69. The lowest BCUT2D eigenvalue weighted by molar-refractivity contribution is -0.135. The van der Waals surface area contributed by atoms with E-state index in [1.807, 2.05) is 30.5 Å². The number of rotatable bonds is 4. The highest BCUT2D eigenvalue weighted by molar-refractivity contribution is 5.77. The number of hydrogen-bond donors (Lipinski definition) is 1. The summed E-state index contributed by atoms with van der Waals surface area (Å²) in [7, 11) is 0. The highest BCUT2D eigenvalue weighted by atomic mass is 16.3. The molecule has 5 nitrogen and oxygen atoms in total. The normalized spacial score (nSPS) is 31.0. The summed E-state index contributed by atoms with van der Waals surface area (Å²) in [5.74, 6) is 1.46. The van der Waals surface area contributed by atoms with Crippen molar-refractivity contribution in [2.24, 2.45) is 5.92 Å². The molecule has 3 atom stereocenters. The first-order chi connectivity index (χ1) is 13.7. The standard InChI is InChI=1S/C23H27N3O2/c27-19-5-1-4-18(13-19)20-15-26(21(28)7-6-16-3-2-10-24-14-16)22-17-8-11-25(12-9-17)23(20)22/h1-5,10,13-14,17,20,22-23,27H,6-9,11-12,15H2/t20-,22+,23+/m0/s1. The number of pyridine rings is 1. The van der Waals surface area contributed by atoms with E-state index in [0.717, 1.165) is 37.2 Å². The van der Waals surface area contributed by atoms with Crippen molar-refractivity contribution in [3.8, 4) is 5.75 Å². The van der Waals surface area contributed by atoms with E-state index >= 15 is 0 Å². The van der Waals surface area contributed by atoms with Crippen LogP contribution in [0.4, 0.5) is 0 Å². The average molecular weight is 377 g/mol. The molecule has 4 aliphatic rings. The number of phenols is 1. The fraction of sp³-hybridized carbons (Fsp3) is 0.478. The number of benzene rings is 1. The number of nitrogens with zero attached hydrogens (tertiary/aromatic N) is 3. The molecule has 6 rings (SSSR count).